The Hall–Kier alpha value is -0.160. The van der Waals surface area contributed by atoms with Crippen LogP contribution in [0.5, 0.6) is 0 Å². The summed E-state index contributed by atoms with van der Waals surface area (Å²) in [7, 11) is 0. The van der Waals surface area contributed by atoms with Crippen LogP contribution in [-0.2, 0) is 12.8 Å². The fourth-order valence-corrected chi connectivity index (χ4v) is 4.63. The number of benzene rings is 1. The largest absolute Gasteiger partial charge is 0.383 e. The third kappa shape index (κ3) is 2.82. The Kier molecular flexibility index (Phi) is 4.13. The van der Waals surface area contributed by atoms with Gasteiger partial charge in [-0.05, 0) is 55.5 Å². The summed E-state index contributed by atoms with van der Waals surface area (Å²) in [6.07, 6.45) is 4.36. The van der Waals surface area contributed by atoms with E-state index in [1.54, 1.807) is 11.3 Å². The van der Waals surface area contributed by atoms with Crippen molar-refractivity contribution in [3.63, 3.8) is 0 Å². The van der Waals surface area contributed by atoms with Crippen LogP contribution in [0.2, 0.25) is 0 Å². The van der Waals surface area contributed by atoms with Crippen LogP contribution in [0.3, 0.4) is 0 Å². The standard InChI is InChI=1S/C15H14Br2OS/c16-10-5-6-12(17)11(8-10)15(18)14-7-9-3-1-2-4-13(9)19-14/h5-8,15,18H,1-4H2. The second-order valence-corrected chi connectivity index (χ2v) is 7.81. The second-order valence-electron chi connectivity index (χ2n) is 4.87. The Morgan fingerprint density at radius 3 is 2.68 bits per heavy atom. The lowest BCUT2D eigenvalue weighted by molar-refractivity contribution is 0.223. The molecular weight excluding hydrogens is 388 g/mol. The SMILES string of the molecule is OC(c1cc2c(s1)CCCC2)c1cc(Br)ccc1Br. The first-order valence-corrected chi connectivity index (χ1v) is 8.80. The Bertz CT molecular complexity index is 583. The van der Waals surface area contributed by atoms with Crippen molar-refractivity contribution in [1.82, 2.24) is 0 Å². The normalized spacial score (nSPS) is 16.2. The molecule has 0 aliphatic heterocycles. The predicted octanol–water partition coefficient (Wildman–Crippen LogP) is 5.23. The average Bonchev–Trinajstić information content (AvgIpc) is 2.84. The number of fused-ring (bicyclic) bond motifs is 1. The van der Waals surface area contributed by atoms with Crippen LogP contribution >= 0.6 is 43.2 Å². The van der Waals surface area contributed by atoms with Gasteiger partial charge >= 0.3 is 0 Å². The lowest BCUT2D eigenvalue weighted by Gasteiger charge is -2.11. The molecule has 19 heavy (non-hydrogen) atoms. The Labute approximate surface area is 133 Å². The van der Waals surface area contributed by atoms with Gasteiger partial charge in [0.05, 0.1) is 0 Å². The van der Waals surface area contributed by atoms with Gasteiger partial charge in [-0.3, -0.25) is 0 Å². The average molecular weight is 402 g/mol. The highest BCUT2D eigenvalue weighted by atomic mass is 79.9. The monoisotopic (exact) mass is 400 g/mol. The molecule has 1 atom stereocenters. The second kappa shape index (κ2) is 5.68. The summed E-state index contributed by atoms with van der Waals surface area (Å²) in [5.41, 5.74) is 2.37. The maximum atomic E-state index is 10.6. The van der Waals surface area contributed by atoms with Crippen LogP contribution < -0.4 is 0 Å². The zero-order chi connectivity index (χ0) is 13.4. The molecule has 1 heterocycles. The first-order chi connectivity index (χ1) is 9.15. The van der Waals surface area contributed by atoms with Crippen LogP contribution in [0.15, 0.2) is 33.2 Å². The molecule has 2 aromatic rings. The van der Waals surface area contributed by atoms with Crippen molar-refractivity contribution in [2.24, 2.45) is 0 Å². The summed E-state index contributed by atoms with van der Waals surface area (Å²) >= 11 is 8.76. The first kappa shape index (κ1) is 13.8. The molecule has 4 heteroatoms. The van der Waals surface area contributed by atoms with Gasteiger partial charge in [-0.15, -0.1) is 11.3 Å². The smallest absolute Gasteiger partial charge is 0.114 e. The third-order valence-corrected chi connectivity index (χ3v) is 6.04. The van der Waals surface area contributed by atoms with Gasteiger partial charge < -0.3 is 5.11 Å². The van der Waals surface area contributed by atoms with E-state index in [0.29, 0.717) is 0 Å². The van der Waals surface area contributed by atoms with Crippen LogP contribution in [-0.4, -0.2) is 5.11 Å². The van der Waals surface area contributed by atoms with E-state index in [0.717, 1.165) is 25.8 Å². The van der Waals surface area contributed by atoms with Crippen LogP contribution in [0, 0.1) is 0 Å². The van der Waals surface area contributed by atoms with Crippen molar-refractivity contribution >= 4 is 43.2 Å². The lowest BCUT2D eigenvalue weighted by atomic mass is 9.98. The minimum Gasteiger partial charge on any atom is -0.383 e. The maximum absolute atomic E-state index is 10.6. The van der Waals surface area contributed by atoms with E-state index in [4.69, 9.17) is 0 Å². The molecule has 0 radical (unpaired) electrons. The van der Waals surface area contributed by atoms with Crippen molar-refractivity contribution in [1.29, 1.82) is 0 Å². The molecule has 1 aliphatic rings. The Morgan fingerprint density at radius 1 is 1.11 bits per heavy atom. The van der Waals surface area contributed by atoms with Gasteiger partial charge in [-0.25, -0.2) is 0 Å². The molecule has 0 bridgehead atoms. The number of aryl methyl sites for hydroxylation is 2. The fraction of sp³-hybridized carbons (Fsp3) is 0.333. The number of aliphatic hydroxyl groups is 1. The van der Waals surface area contributed by atoms with E-state index in [1.807, 2.05) is 18.2 Å². The van der Waals surface area contributed by atoms with Crippen molar-refractivity contribution < 1.29 is 5.11 Å². The van der Waals surface area contributed by atoms with E-state index < -0.39 is 6.10 Å². The van der Waals surface area contributed by atoms with Gasteiger partial charge in [0.25, 0.3) is 0 Å². The minimum atomic E-state index is -0.539. The molecule has 0 amide bonds. The molecule has 1 N–H and O–H groups in total. The van der Waals surface area contributed by atoms with E-state index in [1.165, 1.54) is 29.7 Å². The summed E-state index contributed by atoms with van der Waals surface area (Å²) in [6.45, 7) is 0. The number of halogens is 2. The van der Waals surface area contributed by atoms with E-state index in [9.17, 15) is 5.11 Å². The predicted molar refractivity (Wildman–Crippen MR) is 86.9 cm³/mol. The molecule has 0 spiro atoms. The number of hydrogen-bond donors (Lipinski definition) is 1. The van der Waals surface area contributed by atoms with Crippen LogP contribution in [0.1, 0.15) is 39.8 Å². The summed E-state index contributed by atoms with van der Waals surface area (Å²) in [4.78, 5) is 2.53. The minimum absolute atomic E-state index is 0.539. The lowest BCUT2D eigenvalue weighted by Crippen LogP contribution is -1.98. The highest BCUT2D eigenvalue weighted by Crippen LogP contribution is 2.37. The van der Waals surface area contributed by atoms with Crippen LogP contribution in [0.4, 0.5) is 0 Å². The number of rotatable bonds is 2. The Morgan fingerprint density at radius 2 is 1.89 bits per heavy atom. The van der Waals surface area contributed by atoms with Gasteiger partial charge in [0.1, 0.15) is 6.10 Å². The van der Waals surface area contributed by atoms with Crippen molar-refractivity contribution in [3.05, 3.63) is 54.1 Å². The van der Waals surface area contributed by atoms with Gasteiger partial charge in [0, 0.05) is 24.3 Å². The topological polar surface area (TPSA) is 20.2 Å². The molecule has 1 aromatic carbocycles. The quantitative estimate of drug-likeness (QED) is 0.729. The van der Waals surface area contributed by atoms with E-state index in [2.05, 4.69) is 37.9 Å². The van der Waals surface area contributed by atoms with Crippen molar-refractivity contribution in [2.45, 2.75) is 31.8 Å². The zero-order valence-corrected chi connectivity index (χ0v) is 14.3. The van der Waals surface area contributed by atoms with Gasteiger partial charge in [-0.1, -0.05) is 31.9 Å². The fourth-order valence-electron chi connectivity index (χ4n) is 2.53. The van der Waals surface area contributed by atoms with Gasteiger partial charge in [0.15, 0.2) is 0 Å². The Balaban J connectivity index is 1.97. The zero-order valence-electron chi connectivity index (χ0n) is 10.3. The molecule has 100 valence electrons. The van der Waals surface area contributed by atoms with E-state index >= 15 is 0 Å². The maximum Gasteiger partial charge on any atom is 0.114 e. The molecule has 1 aliphatic carbocycles. The number of thiophene rings is 1. The number of hydrogen-bond acceptors (Lipinski definition) is 2. The summed E-state index contributed by atoms with van der Waals surface area (Å²) < 4.78 is 1.95. The molecule has 1 unspecified atom stereocenters. The van der Waals surface area contributed by atoms with Crippen molar-refractivity contribution in [2.75, 3.05) is 0 Å². The molecule has 1 nitrogen and oxygen atoms in total. The first-order valence-electron chi connectivity index (χ1n) is 6.39. The number of aliphatic hydroxyl groups excluding tert-OH is 1. The highest BCUT2D eigenvalue weighted by Gasteiger charge is 2.20. The molecule has 0 saturated carbocycles. The highest BCUT2D eigenvalue weighted by molar-refractivity contribution is 9.11. The third-order valence-electron chi connectivity index (χ3n) is 3.54. The molecular formula is C15H14Br2OS. The molecule has 1 aromatic heterocycles. The van der Waals surface area contributed by atoms with Gasteiger partial charge in [-0.2, -0.15) is 0 Å². The molecule has 3 rings (SSSR count). The summed E-state index contributed by atoms with van der Waals surface area (Å²) in [5, 5.41) is 10.6. The molecule has 0 fully saturated rings. The summed E-state index contributed by atoms with van der Waals surface area (Å²) in [5.74, 6) is 0. The van der Waals surface area contributed by atoms with Gasteiger partial charge in [0.2, 0.25) is 0 Å². The van der Waals surface area contributed by atoms with Crippen LogP contribution in [0.25, 0.3) is 0 Å². The van der Waals surface area contributed by atoms with Crippen molar-refractivity contribution in [3.8, 4) is 0 Å². The van der Waals surface area contributed by atoms with E-state index in [-0.39, 0.29) is 0 Å². The molecule has 0 saturated heterocycles. The summed E-state index contributed by atoms with van der Waals surface area (Å²) in [6, 6.07) is 8.11.